The van der Waals surface area contributed by atoms with Gasteiger partial charge in [-0.25, -0.2) is 4.39 Å². The number of hydrogen-bond acceptors (Lipinski definition) is 2. The summed E-state index contributed by atoms with van der Waals surface area (Å²) in [6.45, 7) is 2.12. The monoisotopic (exact) mass is 399 g/mol. The molecule has 0 aliphatic heterocycles. The van der Waals surface area contributed by atoms with Crippen LogP contribution in [-0.4, -0.2) is 17.1 Å². The van der Waals surface area contributed by atoms with Crippen LogP contribution in [0.3, 0.4) is 0 Å². The van der Waals surface area contributed by atoms with E-state index in [9.17, 15) is 14.3 Å². The van der Waals surface area contributed by atoms with Gasteiger partial charge in [0.1, 0.15) is 5.82 Å². The second kappa shape index (κ2) is 6.65. The number of aliphatic hydroxyl groups excluding tert-OH is 1. The molecule has 1 aromatic rings. The molecule has 3 unspecified atom stereocenters. The SMILES string of the molecule is CC1([C@H](NC(=O)C2CCC(O)C2)c2c(F)ccc(Cl)c2Cl)C[C@H]2C[C@H]2C1. The number of carbonyl (C=O) groups excluding carboxylic acids is 1. The number of halogens is 3. The van der Waals surface area contributed by atoms with Gasteiger partial charge in [0.2, 0.25) is 5.91 Å². The Morgan fingerprint density at radius 2 is 1.96 bits per heavy atom. The molecule has 0 spiro atoms. The zero-order valence-corrected chi connectivity index (χ0v) is 16.3. The van der Waals surface area contributed by atoms with Crippen molar-refractivity contribution in [3.8, 4) is 0 Å². The highest BCUT2D eigenvalue weighted by Crippen LogP contribution is 2.64. The van der Waals surface area contributed by atoms with Gasteiger partial charge < -0.3 is 10.4 Å². The number of rotatable bonds is 4. The molecule has 3 aliphatic carbocycles. The lowest BCUT2D eigenvalue weighted by molar-refractivity contribution is -0.126. The van der Waals surface area contributed by atoms with Gasteiger partial charge in [0.25, 0.3) is 0 Å². The van der Waals surface area contributed by atoms with E-state index >= 15 is 0 Å². The van der Waals surface area contributed by atoms with Crippen molar-refractivity contribution < 1.29 is 14.3 Å². The van der Waals surface area contributed by atoms with Crippen molar-refractivity contribution in [2.45, 2.75) is 57.6 Å². The predicted octanol–water partition coefficient (Wildman–Crippen LogP) is 4.89. The molecule has 4 rings (SSSR count). The summed E-state index contributed by atoms with van der Waals surface area (Å²) in [5, 5.41) is 13.3. The fraction of sp³-hybridized carbons (Fsp3) is 0.650. The molecule has 0 aromatic heterocycles. The third kappa shape index (κ3) is 3.25. The average Bonchev–Trinajstić information content (AvgIpc) is 3.00. The summed E-state index contributed by atoms with van der Waals surface area (Å²) in [6.07, 6.45) is 4.48. The molecule has 0 saturated heterocycles. The molecule has 3 fully saturated rings. The van der Waals surface area contributed by atoms with Gasteiger partial charge in [-0.3, -0.25) is 4.79 Å². The summed E-state index contributed by atoms with van der Waals surface area (Å²) in [7, 11) is 0. The summed E-state index contributed by atoms with van der Waals surface area (Å²) in [5.41, 5.74) is 0.0603. The summed E-state index contributed by atoms with van der Waals surface area (Å²) < 4.78 is 14.8. The van der Waals surface area contributed by atoms with Crippen LogP contribution in [-0.2, 0) is 4.79 Å². The molecule has 26 heavy (non-hydrogen) atoms. The minimum atomic E-state index is -0.508. The van der Waals surface area contributed by atoms with Crippen LogP contribution in [0.4, 0.5) is 4.39 Å². The lowest BCUT2D eigenvalue weighted by atomic mass is 9.74. The predicted molar refractivity (Wildman–Crippen MR) is 99.6 cm³/mol. The molecule has 3 saturated carbocycles. The number of fused-ring (bicyclic) bond motifs is 1. The Morgan fingerprint density at radius 3 is 2.58 bits per heavy atom. The lowest BCUT2D eigenvalue weighted by Gasteiger charge is -2.38. The van der Waals surface area contributed by atoms with Crippen molar-refractivity contribution in [2.24, 2.45) is 23.2 Å². The van der Waals surface area contributed by atoms with E-state index in [1.807, 2.05) is 0 Å². The Kier molecular flexibility index (Phi) is 4.73. The first-order chi connectivity index (χ1) is 12.3. The first kappa shape index (κ1) is 18.5. The Labute approximate surface area is 163 Å². The standard InChI is InChI=1S/C20H24Cl2FNO2/c1-20(8-11-6-12(11)9-20)18(16-15(23)5-4-14(21)17(16)22)24-19(26)10-2-3-13(25)7-10/h4-5,10-13,18,25H,2-3,6-9H2,1H3,(H,24,26)/t10?,11-,12+,13?,18-,20?/m1/s1. The first-order valence-corrected chi connectivity index (χ1v) is 10.2. The maximum atomic E-state index is 14.8. The van der Waals surface area contributed by atoms with Crippen LogP contribution in [0.5, 0.6) is 0 Å². The molecule has 6 atom stereocenters. The van der Waals surface area contributed by atoms with Crippen molar-refractivity contribution in [1.82, 2.24) is 5.32 Å². The Balaban J connectivity index is 1.67. The minimum Gasteiger partial charge on any atom is -0.393 e. The number of benzene rings is 1. The molecule has 3 aliphatic rings. The van der Waals surface area contributed by atoms with Crippen LogP contribution < -0.4 is 5.32 Å². The van der Waals surface area contributed by atoms with Gasteiger partial charge in [-0.15, -0.1) is 0 Å². The molecular formula is C20H24Cl2FNO2. The van der Waals surface area contributed by atoms with Gasteiger partial charge in [-0.05, 0) is 67.9 Å². The topological polar surface area (TPSA) is 49.3 Å². The van der Waals surface area contributed by atoms with Gasteiger partial charge in [0.15, 0.2) is 0 Å². The molecule has 1 amide bonds. The highest BCUT2D eigenvalue weighted by molar-refractivity contribution is 6.42. The normalized spacial score (nSPS) is 36.7. The number of hydrogen-bond donors (Lipinski definition) is 2. The Morgan fingerprint density at radius 1 is 1.27 bits per heavy atom. The van der Waals surface area contributed by atoms with Crippen molar-refractivity contribution in [3.63, 3.8) is 0 Å². The van der Waals surface area contributed by atoms with Crippen molar-refractivity contribution in [2.75, 3.05) is 0 Å². The molecule has 0 radical (unpaired) electrons. The zero-order chi connectivity index (χ0) is 18.6. The third-order valence-corrected chi connectivity index (χ3v) is 7.47. The number of nitrogens with one attached hydrogen (secondary N) is 1. The third-order valence-electron chi connectivity index (χ3n) is 6.65. The minimum absolute atomic E-state index is 0.121. The summed E-state index contributed by atoms with van der Waals surface area (Å²) in [6, 6.07) is 2.26. The van der Waals surface area contributed by atoms with Crippen LogP contribution in [0.1, 0.15) is 57.1 Å². The van der Waals surface area contributed by atoms with Gasteiger partial charge in [0, 0.05) is 11.5 Å². The number of carbonyl (C=O) groups is 1. The molecule has 142 valence electrons. The Bertz CT molecular complexity index is 731. The van der Waals surface area contributed by atoms with E-state index in [1.54, 1.807) is 0 Å². The van der Waals surface area contributed by atoms with Gasteiger partial charge in [0.05, 0.1) is 22.2 Å². The molecule has 3 nitrogen and oxygen atoms in total. The molecule has 0 bridgehead atoms. The number of aliphatic hydroxyl groups is 1. The smallest absolute Gasteiger partial charge is 0.223 e. The van der Waals surface area contributed by atoms with E-state index in [0.29, 0.717) is 41.7 Å². The van der Waals surface area contributed by atoms with Crippen LogP contribution in [0.2, 0.25) is 10.0 Å². The quantitative estimate of drug-likeness (QED) is 0.708. The second-order valence-corrected chi connectivity index (χ2v) is 9.47. The summed E-state index contributed by atoms with van der Waals surface area (Å²) >= 11 is 12.5. The molecule has 6 heteroatoms. The van der Waals surface area contributed by atoms with E-state index in [0.717, 1.165) is 12.8 Å². The highest BCUT2D eigenvalue weighted by Gasteiger charge is 2.55. The van der Waals surface area contributed by atoms with E-state index in [-0.39, 0.29) is 22.3 Å². The van der Waals surface area contributed by atoms with Crippen LogP contribution in [0.15, 0.2) is 12.1 Å². The Hall–Kier alpha value is -0.840. The van der Waals surface area contributed by atoms with Gasteiger partial charge in [-0.1, -0.05) is 30.1 Å². The number of amides is 1. The van der Waals surface area contributed by atoms with Gasteiger partial charge in [-0.2, -0.15) is 0 Å². The summed E-state index contributed by atoms with van der Waals surface area (Å²) in [5.74, 6) is 0.567. The fourth-order valence-corrected chi connectivity index (χ4v) is 5.61. The fourth-order valence-electron chi connectivity index (χ4n) is 5.19. The first-order valence-electron chi connectivity index (χ1n) is 9.40. The molecular weight excluding hydrogens is 376 g/mol. The summed E-state index contributed by atoms with van der Waals surface area (Å²) in [4.78, 5) is 12.9. The van der Waals surface area contributed by atoms with Crippen LogP contribution >= 0.6 is 23.2 Å². The molecule has 0 heterocycles. The molecule has 1 aromatic carbocycles. The second-order valence-electron chi connectivity index (χ2n) is 8.68. The maximum Gasteiger partial charge on any atom is 0.223 e. The lowest BCUT2D eigenvalue weighted by Crippen LogP contribution is -2.42. The maximum absolute atomic E-state index is 14.8. The van der Waals surface area contributed by atoms with E-state index in [1.165, 1.54) is 18.6 Å². The average molecular weight is 400 g/mol. The van der Waals surface area contributed by atoms with Crippen molar-refractivity contribution in [3.05, 3.63) is 33.6 Å². The van der Waals surface area contributed by atoms with E-state index < -0.39 is 18.0 Å². The van der Waals surface area contributed by atoms with Crippen LogP contribution in [0, 0.1) is 29.0 Å². The van der Waals surface area contributed by atoms with E-state index in [4.69, 9.17) is 23.2 Å². The molecule has 2 N–H and O–H groups in total. The van der Waals surface area contributed by atoms with E-state index in [2.05, 4.69) is 12.2 Å². The zero-order valence-electron chi connectivity index (χ0n) is 14.8. The van der Waals surface area contributed by atoms with Crippen molar-refractivity contribution >= 4 is 29.1 Å². The van der Waals surface area contributed by atoms with Crippen LogP contribution in [0.25, 0.3) is 0 Å². The van der Waals surface area contributed by atoms with Crippen molar-refractivity contribution in [1.29, 1.82) is 0 Å². The highest BCUT2D eigenvalue weighted by atomic mass is 35.5. The largest absolute Gasteiger partial charge is 0.393 e. The van der Waals surface area contributed by atoms with Gasteiger partial charge >= 0.3 is 0 Å².